The quantitative estimate of drug-likeness (QED) is 0.702. The highest BCUT2D eigenvalue weighted by molar-refractivity contribution is 7.89. The van der Waals surface area contributed by atoms with Crippen LogP contribution in [0, 0.1) is 0 Å². The van der Waals surface area contributed by atoms with E-state index in [9.17, 15) is 18.3 Å². The predicted octanol–water partition coefficient (Wildman–Crippen LogP) is 1.21. The van der Waals surface area contributed by atoms with Crippen LogP contribution < -0.4 is 4.72 Å². The van der Waals surface area contributed by atoms with Gasteiger partial charge in [-0.25, -0.2) is 17.9 Å². The molecule has 1 aromatic rings. The van der Waals surface area contributed by atoms with Crippen LogP contribution in [0.3, 0.4) is 0 Å². The average molecular weight is 301 g/mol. The van der Waals surface area contributed by atoms with Crippen molar-refractivity contribution in [3.8, 4) is 0 Å². The van der Waals surface area contributed by atoms with Crippen LogP contribution in [-0.2, 0) is 10.0 Å². The van der Waals surface area contributed by atoms with E-state index in [2.05, 4.69) is 4.72 Å². The molecule has 3 N–H and O–H groups in total. The van der Waals surface area contributed by atoms with Crippen molar-refractivity contribution in [1.29, 1.82) is 0 Å². The van der Waals surface area contributed by atoms with Crippen LogP contribution >= 0.6 is 0 Å². The number of carboxylic acid groups (broad SMARTS) is 1. The number of sulfonamides is 1. The van der Waals surface area contributed by atoms with E-state index in [4.69, 9.17) is 5.11 Å². The second kappa shape index (κ2) is 6.34. The first-order valence-electron chi connectivity index (χ1n) is 6.28. The first-order valence-corrected chi connectivity index (χ1v) is 7.76. The lowest BCUT2D eigenvalue weighted by atomic mass is 9.96. The first-order chi connectivity index (χ1) is 9.30. The number of rotatable bonds is 7. The van der Waals surface area contributed by atoms with Crippen molar-refractivity contribution in [2.24, 2.45) is 0 Å². The van der Waals surface area contributed by atoms with Gasteiger partial charge in [-0.2, -0.15) is 0 Å². The maximum atomic E-state index is 12.3. The molecule has 0 saturated heterocycles. The second-order valence-corrected chi connectivity index (χ2v) is 6.27. The lowest BCUT2D eigenvalue weighted by molar-refractivity contribution is 0.0696. The van der Waals surface area contributed by atoms with Crippen LogP contribution in [0.2, 0.25) is 0 Å². The van der Waals surface area contributed by atoms with Gasteiger partial charge in [0, 0.05) is 0 Å². The van der Waals surface area contributed by atoms with Gasteiger partial charge in [-0.05, 0) is 31.0 Å². The van der Waals surface area contributed by atoms with Crippen molar-refractivity contribution in [3.05, 3.63) is 29.8 Å². The molecule has 0 bridgehead atoms. The van der Waals surface area contributed by atoms with Crippen molar-refractivity contribution in [2.45, 2.75) is 37.1 Å². The average Bonchev–Trinajstić information content (AvgIpc) is 2.45. The lowest BCUT2D eigenvalue weighted by Crippen LogP contribution is -2.50. The zero-order valence-electron chi connectivity index (χ0n) is 11.5. The fraction of sp³-hybridized carbons (Fsp3) is 0.462. The number of carboxylic acids is 1. The van der Waals surface area contributed by atoms with Crippen molar-refractivity contribution in [3.63, 3.8) is 0 Å². The Kier molecular flexibility index (Phi) is 5.27. The van der Waals surface area contributed by atoms with Crippen molar-refractivity contribution >= 4 is 16.0 Å². The Balaban J connectivity index is 3.17. The smallest absolute Gasteiger partial charge is 0.335 e. The van der Waals surface area contributed by atoms with Gasteiger partial charge in [0.2, 0.25) is 10.0 Å². The Labute approximate surface area is 118 Å². The SMILES string of the molecule is CCC(CC)(CO)NS(=O)(=O)c1cccc(C(=O)O)c1. The second-order valence-electron chi connectivity index (χ2n) is 4.58. The van der Waals surface area contributed by atoms with Gasteiger partial charge in [0.15, 0.2) is 0 Å². The molecular formula is C13H19NO5S. The number of aliphatic hydroxyl groups excluding tert-OH is 1. The van der Waals surface area contributed by atoms with E-state index in [-0.39, 0.29) is 17.1 Å². The number of aromatic carboxylic acids is 1. The highest BCUT2D eigenvalue weighted by atomic mass is 32.2. The molecule has 0 heterocycles. The van der Waals surface area contributed by atoms with E-state index in [0.717, 1.165) is 6.07 Å². The summed E-state index contributed by atoms with van der Waals surface area (Å²) in [5.41, 5.74) is -1.03. The van der Waals surface area contributed by atoms with Gasteiger partial charge in [0.05, 0.1) is 22.6 Å². The Morgan fingerprint density at radius 1 is 1.30 bits per heavy atom. The zero-order chi connectivity index (χ0) is 15.4. The molecule has 0 radical (unpaired) electrons. The minimum atomic E-state index is -3.88. The fourth-order valence-electron chi connectivity index (χ4n) is 1.79. The highest BCUT2D eigenvalue weighted by Crippen LogP contribution is 2.20. The van der Waals surface area contributed by atoms with Crippen LogP contribution in [0.25, 0.3) is 0 Å². The molecule has 0 unspecified atom stereocenters. The molecule has 0 spiro atoms. The van der Waals surface area contributed by atoms with E-state index in [1.54, 1.807) is 13.8 Å². The third kappa shape index (κ3) is 3.56. The van der Waals surface area contributed by atoms with E-state index in [1.165, 1.54) is 18.2 Å². The zero-order valence-corrected chi connectivity index (χ0v) is 12.3. The van der Waals surface area contributed by atoms with Crippen LogP contribution in [0.4, 0.5) is 0 Å². The number of nitrogens with one attached hydrogen (secondary N) is 1. The van der Waals surface area contributed by atoms with E-state index in [0.29, 0.717) is 12.8 Å². The number of aliphatic hydroxyl groups is 1. The van der Waals surface area contributed by atoms with Gasteiger partial charge >= 0.3 is 5.97 Å². The molecular weight excluding hydrogens is 282 g/mol. The van der Waals surface area contributed by atoms with E-state index < -0.39 is 21.5 Å². The molecule has 1 rings (SSSR count). The summed E-state index contributed by atoms with van der Waals surface area (Å²) in [6.45, 7) is 3.23. The van der Waals surface area contributed by atoms with Crippen molar-refractivity contribution in [2.75, 3.05) is 6.61 Å². The summed E-state index contributed by atoms with van der Waals surface area (Å²) in [6.07, 6.45) is 0.857. The minimum absolute atomic E-state index is 0.101. The summed E-state index contributed by atoms with van der Waals surface area (Å²) in [5, 5.41) is 18.3. The molecule has 6 nitrogen and oxygen atoms in total. The summed E-state index contributed by atoms with van der Waals surface area (Å²) in [5.74, 6) is -1.19. The normalized spacial score (nSPS) is 12.3. The maximum Gasteiger partial charge on any atom is 0.335 e. The third-order valence-electron chi connectivity index (χ3n) is 3.40. The third-order valence-corrected chi connectivity index (χ3v) is 4.97. The van der Waals surface area contributed by atoms with Crippen LogP contribution in [-0.4, -0.2) is 36.7 Å². The molecule has 0 aromatic heterocycles. The molecule has 20 heavy (non-hydrogen) atoms. The van der Waals surface area contributed by atoms with Gasteiger partial charge in [0.1, 0.15) is 0 Å². The molecule has 0 aliphatic carbocycles. The molecule has 0 aliphatic heterocycles. The van der Waals surface area contributed by atoms with Gasteiger partial charge in [-0.15, -0.1) is 0 Å². The summed E-state index contributed by atoms with van der Waals surface area (Å²) < 4.78 is 27.0. The monoisotopic (exact) mass is 301 g/mol. The minimum Gasteiger partial charge on any atom is -0.478 e. The summed E-state index contributed by atoms with van der Waals surface area (Å²) in [4.78, 5) is 10.8. The van der Waals surface area contributed by atoms with E-state index >= 15 is 0 Å². The Morgan fingerprint density at radius 2 is 1.90 bits per heavy atom. The van der Waals surface area contributed by atoms with Gasteiger partial charge < -0.3 is 10.2 Å². The molecule has 112 valence electrons. The topological polar surface area (TPSA) is 104 Å². The molecule has 1 aromatic carbocycles. The Hall–Kier alpha value is -1.44. The first kappa shape index (κ1) is 16.6. The van der Waals surface area contributed by atoms with Crippen LogP contribution in [0.1, 0.15) is 37.0 Å². The molecule has 0 amide bonds. The fourth-order valence-corrected chi connectivity index (χ4v) is 3.37. The standard InChI is InChI=1S/C13H19NO5S/c1-3-13(4-2,9-15)14-20(18,19)11-7-5-6-10(8-11)12(16)17/h5-8,14-15H,3-4,9H2,1-2H3,(H,16,17). The molecule has 0 fully saturated rings. The summed E-state index contributed by atoms with van der Waals surface area (Å²) in [6, 6.07) is 5.11. The van der Waals surface area contributed by atoms with Crippen LogP contribution in [0.5, 0.6) is 0 Å². The van der Waals surface area contributed by atoms with Gasteiger partial charge in [-0.1, -0.05) is 19.9 Å². The highest BCUT2D eigenvalue weighted by Gasteiger charge is 2.31. The van der Waals surface area contributed by atoms with Gasteiger partial charge in [-0.3, -0.25) is 0 Å². The lowest BCUT2D eigenvalue weighted by Gasteiger charge is -2.30. The van der Waals surface area contributed by atoms with Crippen molar-refractivity contribution < 1.29 is 23.4 Å². The largest absolute Gasteiger partial charge is 0.478 e. The Morgan fingerprint density at radius 3 is 2.35 bits per heavy atom. The van der Waals surface area contributed by atoms with E-state index in [1.807, 2.05) is 0 Å². The number of carbonyl (C=O) groups is 1. The maximum absolute atomic E-state index is 12.3. The van der Waals surface area contributed by atoms with Crippen LogP contribution in [0.15, 0.2) is 29.2 Å². The number of benzene rings is 1. The molecule has 0 aliphatic rings. The molecule has 0 saturated carbocycles. The summed E-state index contributed by atoms with van der Waals surface area (Å²) >= 11 is 0. The number of hydrogen-bond acceptors (Lipinski definition) is 4. The summed E-state index contributed by atoms with van der Waals surface area (Å²) in [7, 11) is -3.88. The van der Waals surface area contributed by atoms with Crippen molar-refractivity contribution in [1.82, 2.24) is 4.72 Å². The predicted molar refractivity (Wildman–Crippen MR) is 74.1 cm³/mol. The molecule has 0 atom stereocenters. The number of hydrogen-bond donors (Lipinski definition) is 3. The Bertz CT molecular complexity index is 570. The molecule has 7 heteroatoms. The van der Waals surface area contributed by atoms with Gasteiger partial charge in [0.25, 0.3) is 0 Å².